The van der Waals surface area contributed by atoms with Gasteiger partial charge < -0.3 is 10.2 Å². The van der Waals surface area contributed by atoms with E-state index in [-0.39, 0.29) is 29.8 Å². The molecular weight excluding hydrogens is 457 g/mol. The number of pyridine rings is 1. The van der Waals surface area contributed by atoms with Crippen molar-refractivity contribution in [3.63, 3.8) is 0 Å². The Bertz CT molecular complexity index is 1030. The first kappa shape index (κ1) is 27.4. The monoisotopic (exact) mass is 489 g/mol. The number of likely N-dealkylation sites (tertiary alicyclic amines) is 1. The van der Waals surface area contributed by atoms with Gasteiger partial charge in [0.1, 0.15) is 17.2 Å². The van der Waals surface area contributed by atoms with E-state index in [2.05, 4.69) is 52.6 Å². The molecule has 7 nitrogen and oxygen atoms in total. The molecule has 34 heavy (non-hydrogen) atoms. The van der Waals surface area contributed by atoms with Gasteiger partial charge in [-0.3, -0.25) is 9.59 Å². The van der Waals surface area contributed by atoms with Crippen molar-refractivity contribution < 1.29 is 14.0 Å². The molecule has 1 aliphatic rings. The second kappa shape index (κ2) is 12.6. The smallest absolute Gasteiger partial charge is 0.228 e. The molecule has 1 N–H and O–H groups in total. The third-order valence-corrected chi connectivity index (χ3v) is 6.05. The summed E-state index contributed by atoms with van der Waals surface area (Å²) < 4.78 is 14.5. The van der Waals surface area contributed by atoms with Crippen molar-refractivity contribution >= 4 is 41.4 Å². The van der Waals surface area contributed by atoms with Crippen LogP contribution in [0.1, 0.15) is 47.9 Å². The number of nitrogens with zero attached hydrogens (tertiary/aromatic N) is 4. The Morgan fingerprint density at radius 3 is 2.59 bits per heavy atom. The summed E-state index contributed by atoms with van der Waals surface area (Å²) in [6, 6.07) is 8.21. The summed E-state index contributed by atoms with van der Waals surface area (Å²) in [6.07, 6.45) is 2.81. The molecular formula is C25H33ClFN5O2. The lowest BCUT2D eigenvalue weighted by Crippen LogP contribution is -2.47. The summed E-state index contributed by atoms with van der Waals surface area (Å²) in [6.45, 7) is 10.2. The van der Waals surface area contributed by atoms with Crippen LogP contribution in [0.5, 0.6) is 0 Å². The second-order valence-electron chi connectivity index (χ2n) is 8.38. The number of alkyl halides is 1. The Kier molecular flexibility index (Phi) is 10.1. The van der Waals surface area contributed by atoms with E-state index < -0.39 is 11.6 Å². The molecule has 184 valence electrons. The number of aromatic nitrogens is 1. The molecule has 3 rings (SSSR count). The summed E-state index contributed by atoms with van der Waals surface area (Å²) in [5.41, 5.74) is 1.96. The summed E-state index contributed by atoms with van der Waals surface area (Å²) in [5.74, 6) is -1.30. The van der Waals surface area contributed by atoms with Gasteiger partial charge in [0.2, 0.25) is 5.91 Å². The van der Waals surface area contributed by atoms with Crippen molar-refractivity contribution in [3.05, 3.63) is 53.1 Å². The lowest BCUT2D eigenvalue weighted by molar-refractivity contribution is -0.121. The minimum atomic E-state index is -0.509. The highest BCUT2D eigenvalue weighted by atomic mass is 35.5. The number of Topliss-reactive ketones (excluding diaryl/α,β-unsaturated/α-hetero) is 1. The maximum atomic E-state index is 14.5. The number of benzene rings is 1. The van der Waals surface area contributed by atoms with Crippen LogP contribution in [0.3, 0.4) is 0 Å². The van der Waals surface area contributed by atoms with E-state index in [1.54, 1.807) is 31.2 Å². The minimum absolute atomic E-state index is 0.0402. The van der Waals surface area contributed by atoms with E-state index >= 15 is 0 Å². The Hall–Kier alpha value is -2.84. The predicted molar refractivity (Wildman–Crippen MR) is 136 cm³/mol. The first-order valence-corrected chi connectivity index (χ1v) is 11.9. The van der Waals surface area contributed by atoms with Crippen molar-refractivity contribution in [2.24, 2.45) is 5.10 Å². The Morgan fingerprint density at radius 2 is 1.97 bits per heavy atom. The second-order valence-corrected chi connectivity index (χ2v) is 8.38. The van der Waals surface area contributed by atoms with Gasteiger partial charge >= 0.3 is 0 Å². The average Bonchev–Trinajstić information content (AvgIpc) is 2.81. The summed E-state index contributed by atoms with van der Waals surface area (Å²) in [4.78, 5) is 32.4. The lowest BCUT2D eigenvalue weighted by Gasteiger charge is -2.35. The molecule has 1 aromatic heterocycles. The van der Waals surface area contributed by atoms with Gasteiger partial charge in [0.25, 0.3) is 0 Å². The molecule has 1 aliphatic heterocycles. The van der Waals surface area contributed by atoms with Crippen LogP contribution < -0.4 is 10.3 Å². The normalized spacial score (nSPS) is 17.9. The number of nitrogens with one attached hydrogen (secondary N) is 1. The van der Waals surface area contributed by atoms with Crippen LogP contribution >= 0.6 is 11.6 Å². The number of para-hydroxylation sites is 1. The number of carbonyl (C=O) groups excluding carboxylic acids is 2. The topological polar surface area (TPSA) is 77.9 Å². The lowest BCUT2D eigenvalue weighted by atomic mass is 9.98. The maximum Gasteiger partial charge on any atom is 0.228 e. The number of piperidine rings is 1. The number of hydrazone groups is 1. The predicted octanol–water partition coefficient (Wildman–Crippen LogP) is 4.62. The van der Waals surface area contributed by atoms with Crippen molar-refractivity contribution in [3.8, 4) is 0 Å². The third kappa shape index (κ3) is 6.61. The number of anilines is 2. The molecule has 0 saturated carbocycles. The van der Waals surface area contributed by atoms with Crippen LogP contribution in [0.2, 0.25) is 0 Å². The minimum Gasteiger partial charge on any atom is -0.353 e. The number of hydrogen-bond donors (Lipinski definition) is 1. The zero-order valence-corrected chi connectivity index (χ0v) is 21.2. The van der Waals surface area contributed by atoms with Crippen LogP contribution in [-0.4, -0.2) is 60.4 Å². The summed E-state index contributed by atoms with van der Waals surface area (Å²) in [7, 11) is 2.06. The number of carbonyl (C=O) groups is 2. The number of rotatable bonds is 7. The summed E-state index contributed by atoms with van der Waals surface area (Å²) >= 11 is 4.64. The van der Waals surface area contributed by atoms with Gasteiger partial charge in [-0.25, -0.2) is 14.4 Å². The highest BCUT2D eigenvalue weighted by molar-refractivity contribution is 6.15. The largest absolute Gasteiger partial charge is 0.353 e. The van der Waals surface area contributed by atoms with E-state index in [1.165, 1.54) is 17.5 Å². The molecule has 0 spiro atoms. The van der Waals surface area contributed by atoms with Gasteiger partial charge in [0.05, 0.1) is 12.1 Å². The molecule has 1 amide bonds. The van der Waals surface area contributed by atoms with Crippen molar-refractivity contribution in [1.29, 1.82) is 0 Å². The number of ketones is 1. The van der Waals surface area contributed by atoms with E-state index in [4.69, 9.17) is 0 Å². The number of amides is 1. The van der Waals surface area contributed by atoms with E-state index in [0.717, 1.165) is 24.9 Å². The fourth-order valence-electron chi connectivity index (χ4n) is 3.89. The SMILES string of the molecule is C=NN(c1ccccc1F)c1cc(C)c(C)nc1C(=O)CC(=O)NC1CCN(C)C(C)C1.CCl. The van der Waals surface area contributed by atoms with Gasteiger partial charge in [-0.05, 0) is 64.4 Å². The summed E-state index contributed by atoms with van der Waals surface area (Å²) in [5, 5.41) is 8.16. The molecule has 1 fully saturated rings. The highest BCUT2D eigenvalue weighted by Gasteiger charge is 2.27. The van der Waals surface area contributed by atoms with Gasteiger partial charge in [0.15, 0.2) is 5.78 Å². The Labute approximate surface area is 206 Å². The van der Waals surface area contributed by atoms with Gasteiger partial charge in [-0.15, -0.1) is 11.6 Å². The van der Waals surface area contributed by atoms with Gasteiger partial charge in [-0.2, -0.15) is 5.10 Å². The standard InChI is InChI=1S/C24H30FN5O2.CH3Cl/c1-15-12-21(30(26-4)20-9-7-6-8-19(20)25)24(27-17(15)3)22(31)14-23(32)28-18-10-11-29(5)16(2)13-18;1-2/h6-9,12,16,18H,4,10-11,13-14H2,1-3,5H3,(H,28,32);1H3. The molecule has 0 aliphatic carbocycles. The van der Waals surface area contributed by atoms with E-state index in [9.17, 15) is 14.0 Å². The fraction of sp³-hybridized carbons (Fsp3) is 0.440. The molecule has 9 heteroatoms. The molecule has 0 bridgehead atoms. The van der Waals surface area contributed by atoms with Crippen LogP contribution in [0, 0.1) is 19.7 Å². The molecule has 2 aromatic rings. The van der Waals surface area contributed by atoms with Crippen LogP contribution in [-0.2, 0) is 4.79 Å². The van der Waals surface area contributed by atoms with Gasteiger partial charge in [-0.1, -0.05) is 12.1 Å². The Morgan fingerprint density at radius 1 is 1.29 bits per heavy atom. The van der Waals surface area contributed by atoms with E-state index in [0.29, 0.717) is 17.4 Å². The maximum absolute atomic E-state index is 14.5. The number of aryl methyl sites for hydroxylation is 2. The zero-order chi connectivity index (χ0) is 25.4. The van der Waals surface area contributed by atoms with Crippen molar-refractivity contribution in [1.82, 2.24) is 15.2 Å². The van der Waals surface area contributed by atoms with Crippen molar-refractivity contribution in [2.75, 3.05) is 25.0 Å². The Balaban J connectivity index is 0.00000199. The van der Waals surface area contributed by atoms with Gasteiger partial charge in [0, 0.05) is 37.4 Å². The quantitative estimate of drug-likeness (QED) is 0.202. The number of halogens is 2. The van der Waals surface area contributed by atoms with Crippen molar-refractivity contribution in [2.45, 2.75) is 52.1 Å². The molecule has 2 heterocycles. The van der Waals surface area contributed by atoms with E-state index in [1.807, 2.05) is 6.92 Å². The molecule has 1 aromatic carbocycles. The van der Waals surface area contributed by atoms with Crippen LogP contribution in [0.25, 0.3) is 0 Å². The number of hydrogen-bond acceptors (Lipinski definition) is 6. The molecule has 2 atom stereocenters. The zero-order valence-electron chi connectivity index (χ0n) is 20.4. The highest BCUT2D eigenvalue weighted by Crippen LogP contribution is 2.32. The van der Waals surface area contributed by atoms with Crippen LogP contribution in [0.15, 0.2) is 35.4 Å². The first-order chi connectivity index (χ1) is 16.2. The average molecular weight is 490 g/mol. The third-order valence-electron chi connectivity index (χ3n) is 6.05. The molecule has 2 unspecified atom stereocenters. The first-order valence-electron chi connectivity index (χ1n) is 11.1. The fourth-order valence-corrected chi connectivity index (χ4v) is 3.89. The van der Waals surface area contributed by atoms with Crippen LogP contribution in [0.4, 0.5) is 15.8 Å². The molecule has 1 saturated heterocycles. The molecule has 0 radical (unpaired) electrons.